The molecule has 1 aromatic heterocycles. The van der Waals surface area contributed by atoms with Crippen molar-refractivity contribution in [2.75, 3.05) is 0 Å². The van der Waals surface area contributed by atoms with Crippen molar-refractivity contribution in [3.05, 3.63) is 41.7 Å². The summed E-state index contributed by atoms with van der Waals surface area (Å²) >= 11 is 1.49. The van der Waals surface area contributed by atoms with Gasteiger partial charge in [-0.3, -0.25) is 4.68 Å². The van der Waals surface area contributed by atoms with Gasteiger partial charge < -0.3 is 5.11 Å². The second-order valence-electron chi connectivity index (χ2n) is 6.54. The third-order valence-electron chi connectivity index (χ3n) is 4.32. The molecule has 1 heterocycles. The molecule has 2 rings (SSSR count). The summed E-state index contributed by atoms with van der Waals surface area (Å²) in [7, 11) is 0. The largest absolute Gasteiger partial charge is 0.478 e. The summed E-state index contributed by atoms with van der Waals surface area (Å²) in [6.07, 6.45) is 12.4. The van der Waals surface area contributed by atoms with Gasteiger partial charge in [0.15, 0.2) is 0 Å². The maximum absolute atomic E-state index is 11.2. The number of rotatable bonds is 13. The smallest absolute Gasteiger partial charge is 0.336 e. The zero-order chi connectivity index (χ0) is 18.6. The molecule has 0 spiro atoms. The number of hydrogen-bond donors (Lipinski definition) is 1. The van der Waals surface area contributed by atoms with Crippen LogP contribution in [0.25, 0.3) is 0 Å². The summed E-state index contributed by atoms with van der Waals surface area (Å²) in [4.78, 5) is 12.0. The van der Waals surface area contributed by atoms with Crippen LogP contribution in [-0.2, 0) is 12.3 Å². The maximum Gasteiger partial charge on any atom is 0.336 e. The molecule has 0 bridgehead atoms. The molecule has 6 heteroatoms. The van der Waals surface area contributed by atoms with Gasteiger partial charge in [-0.1, -0.05) is 69.2 Å². The highest BCUT2D eigenvalue weighted by molar-refractivity contribution is 7.98. The summed E-state index contributed by atoms with van der Waals surface area (Å²) in [5.74, 6) is -0.270. The monoisotopic (exact) mass is 375 g/mol. The fourth-order valence-electron chi connectivity index (χ4n) is 2.84. The highest BCUT2D eigenvalue weighted by atomic mass is 32.2. The summed E-state index contributed by atoms with van der Waals surface area (Å²) in [5.41, 5.74) is 1.22. The number of thioether (sulfide) groups is 1. The van der Waals surface area contributed by atoms with E-state index >= 15 is 0 Å². The van der Waals surface area contributed by atoms with Gasteiger partial charge in [-0.15, -0.1) is 16.9 Å². The molecule has 5 nitrogen and oxygen atoms in total. The minimum atomic E-state index is -0.897. The second-order valence-corrected chi connectivity index (χ2v) is 7.55. The summed E-state index contributed by atoms with van der Waals surface area (Å²) in [6, 6.07) is 7.06. The first-order valence-corrected chi connectivity index (χ1v) is 10.5. The standard InChI is InChI=1S/C20H29N3O2S/c1-2-3-4-5-6-7-8-11-14-23-15-17(21-22-23)16-26-19-13-10-9-12-18(19)20(24)25/h9-10,12-13,15H,2-8,11,14,16H2,1H3,(H,24,25). The number of carbonyl (C=O) groups is 1. The van der Waals surface area contributed by atoms with Crippen LogP contribution >= 0.6 is 11.8 Å². The number of benzene rings is 1. The van der Waals surface area contributed by atoms with E-state index in [2.05, 4.69) is 17.2 Å². The lowest BCUT2D eigenvalue weighted by molar-refractivity contribution is 0.0693. The molecule has 0 saturated carbocycles. The number of aromatic nitrogens is 3. The third kappa shape index (κ3) is 7.20. The Morgan fingerprint density at radius 2 is 1.77 bits per heavy atom. The van der Waals surface area contributed by atoms with E-state index in [4.69, 9.17) is 0 Å². The molecule has 0 amide bonds. The van der Waals surface area contributed by atoms with Gasteiger partial charge in [-0.2, -0.15) is 0 Å². The van der Waals surface area contributed by atoms with E-state index in [1.807, 2.05) is 23.0 Å². The van der Waals surface area contributed by atoms with E-state index in [9.17, 15) is 9.90 Å². The van der Waals surface area contributed by atoms with Gasteiger partial charge in [0.25, 0.3) is 0 Å². The zero-order valence-corrected chi connectivity index (χ0v) is 16.4. The van der Waals surface area contributed by atoms with Gasteiger partial charge in [0.1, 0.15) is 0 Å². The average Bonchev–Trinajstić information content (AvgIpc) is 3.10. The van der Waals surface area contributed by atoms with Crippen molar-refractivity contribution in [2.45, 2.75) is 75.5 Å². The summed E-state index contributed by atoms with van der Waals surface area (Å²) in [6.45, 7) is 3.15. The lowest BCUT2D eigenvalue weighted by Crippen LogP contribution is -1.98. The zero-order valence-electron chi connectivity index (χ0n) is 15.6. The number of carboxylic acid groups (broad SMARTS) is 1. The van der Waals surface area contributed by atoms with Crippen LogP contribution in [0.15, 0.2) is 35.4 Å². The molecular weight excluding hydrogens is 346 g/mol. The van der Waals surface area contributed by atoms with Crippen LogP contribution in [0.5, 0.6) is 0 Å². The number of aromatic carboxylic acids is 1. The third-order valence-corrected chi connectivity index (χ3v) is 5.43. The molecule has 0 saturated heterocycles. The first-order chi connectivity index (χ1) is 12.7. The Labute approximate surface area is 160 Å². The van der Waals surface area contributed by atoms with Crippen molar-refractivity contribution in [3.8, 4) is 0 Å². The fraction of sp³-hybridized carbons (Fsp3) is 0.550. The van der Waals surface area contributed by atoms with Crippen molar-refractivity contribution in [1.82, 2.24) is 15.0 Å². The number of nitrogens with zero attached hydrogens (tertiary/aromatic N) is 3. The van der Waals surface area contributed by atoms with Gasteiger partial charge in [-0.25, -0.2) is 4.79 Å². The average molecular weight is 376 g/mol. The molecular formula is C20H29N3O2S. The van der Waals surface area contributed by atoms with Crippen LogP contribution in [0.3, 0.4) is 0 Å². The van der Waals surface area contributed by atoms with Crippen LogP contribution in [0.4, 0.5) is 0 Å². The predicted molar refractivity (Wildman–Crippen MR) is 106 cm³/mol. The Kier molecular flexibility index (Phi) is 9.24. The highest BCUT2D eigenvalue weighted by Crippen LogP contribution is 2.25. The van der Waals surface area contributed by atoms with E-state index in [1.54, 1.807) is 12.1 Å². The van der Waals surface area contributed by atoms with Gasteiger partial charge in [0, 0.05) is 23.4 Å². The molecule has 1 aromatic carbocycles. The molecule has 2 aromatic rings. The number of carboxylic acids is 1. The van der Waals surface area contributed by atoms with Crippen molar-refractivity contribution in [3.63, 3.8) is 0 Å². The van der Waals surface area contributed by atoms with Crippen LogP contribution in [0.2, 0.25) is 0 Å². The first-order valence-electron chi connectivity index (χ1n) is 9.55. The lowest BCUT2D eigenvalue weighted by atomic mass is 10.1. The Hall–Kier alpha value is -1.82. The van der Waals surface area contributed by atoms with Crippen LogP contribution in [0.1, 0.15) is 74.3 Å². The molecule has 0 unspecified atom stereocenters. The minimum absolute atomic E-state index is 0.337. The van der Waals surface area contributed by atoms with Gasteiger partial charge >= 0.3 is 5.97 Å². The maximum atomic E-state index is 11.2. The summed E-state index contributed by atoms with van der Waals surface area (Å²) in [5, 5.41) is 17.6. The van der Waals surface area contributed by atoms with Crippen molar-refractivity contribution in [1.29, 1.82) is 0 Å². The van der Waals surface area contributed by atoms with Crippen LogP contribution in [0, 0.1) is 0 Å². The van der Waals surface area contributed by atoms with Crippen molar-refractivity contribution in [2.24, 2.45) is 0 Å². The normalized spacial score (nSPS) is 11.0. The first kappa shape index (κ1) is 20.5. The van der Waals surface area contributed by atoms with Crippen LogP contribution < -0.4 is 0 Å². The molecule has 142 valence electrons. The van der Waals surface area contributed by atoms with E-state index in [1.165, 1.54) is 56.7 Å². The SMILES string of the molecule is CCCCCCCCCCn1cc(CSc2ccccc2C(=O)O)nn1. The van der Waals surface area contributed by atoms with Crippen molar-refractivity contribution < 1.29 is 9.90 Å². The number of hydrogen-bond acceptors (Lipinski definition) is 4. The van der Waals surface area contributed by atoms with Crippen LogP contribution in [-0.4, -0.2) is 26.1 Å². The number of aryl methyl sites for hydroxylation is 1. The van der Waals surface area contributed by atoms with Crippen molar-refractivity contribution >= 4 is 17.7 Å². The molecule has 0 aliphatic rings. The van der Waals surface area contributed by atoms with Gasteiger partial charge in [0.2, 0.25) is 0 Å². The Morgan fingerprint density at radius 1 is 1.08 bits per heavy atom. The van der Waals surface area contributed by atoms with E-state index in [0.29, 0.717) is 11.3 Å². The molecule has 1 N–H and O–H groups in total. The van der Waals surface area contributed by atoms with E-state index in [0.717, 1.165) is 23.6 Å². The second kappa shape index (κ2) is 11.7. The number of unbranched alkanes of at least 4 members (excludes halogenated alkanes) is 7. The summed E-state index contributed by atoms with van der Waals surface area (Å²) < 4.78 is 1.90. The van der Waals surface area contributed by atoms with E-state index in [-0.39, 0.29) is 0 Å². The highest BCUT2D eigenvalue weighted by Gasteiger charge is 2.10. The fourth-order valence-corrected chi connectivity index (χ4v) is 3.76. The molecule has 0 atom stereocenters. The molecule has 0 aliphatic heterocycles. The van der Waals surface area contributed by atoms with Gasteiger partial charge in [-0.05, 0) is 18.6 Å². The molecule has 0 radical (unpaired) electrons. The Bertz CT molecular complexity index is 673. The van der Waals surface area contributed by atoms with E-state index < -0.39 is 5.97 Å². The minimum Gasteiger partial charge on any atom is -0.478 e. The quantitative estimate of drug-likeness (QED) is 0.374. The molecule has 0 aliphatic carbocycles. The Balaban J connectivity index is 1.67. The molecule has 26 heavy (non-hydrogen) atoms. The Morgan fingerprint density at radius 3 is 2.50 bits per heavy atom. The van der Waals surface area contributed by atoms with Gasteiger partial charge in [0.05, 0.1) is 11.3 Å². The topological polar surface area (TPSA) is 68.0 Å². The molecule has 0 fully saturated rings. The predicted octanol–water partition coefficient (Wildman–Crippen LogP) is 5.41. The lowest BCUT2D eigenvalue weighted by Gasteiger charge is -2.03.